The number of benzene rings is 1. The quantitative estimate of drug-likeness (QED) is 0.697. The van der Waals surface area contributed by atoms with E-state index in [1.54, 1.807) is 0 Å². The number of carbonyl (C=O) groups excluding carboxylic acids is 1. The van der Waals surface area contributed by atoms with Crippen LogP contribution in [0.3, 0.4) is 0 Å². The van der Waals surface area contributed by atoms with Crippen LogP contribution in [0, 0.1) is 17.8 Å². The average Bonchev–Trinajstić information content (AvgIpc) is 3.14. The second-order valence-electron chi connectivity index (χ2n) is 10.4. The number of hydrogen-bond acceptors (Lipinski definition) is 4. The monoisotopic (exact) mass is 430 g/mol. The van der Waals surface area contributed by atoms with Crippen molar-refractivity contribution in [2.24, 2.45) is 23.5 Å². The summed E-state index contributed by atoms with van der Waals surface area (Å²) in [6.45, 7) is 6.43. The van der Waals surface area contributed by atoms with Crippen LogP contribution >= 0.6 is 0 Å². The number of piperidine rings is 1. The Kier molecular flexibility index (Phi) is 6.56. The van der Waals surface area contributed by atoms with Crippen LogP contribution in [0.2, 0.25) is 19.1 Å². The van der Waals surface area contributed by atoms with Gasteiger partial charge in [-0.3, -0.25) is 4.79 Å². The van der Waals surface area contributed by atoms with Crippen molar-refractivity contribution in [3.63, 3.8) is 0 Å². The van der Waals surface area contributed by atoms with E-state index in [1.807, 2.05) is 36.2 Å². The number of carbonyl (C=O) groups is 1. The van der Waals surface area contributed by atoms with Gasteiger partial charge in [-0.25, -0.2) is 0 Å². The van der Waals surface area contributed by atoms with Gasteiger partial charge in [0.2, 0.25) is 0 Å². The maximum Gasteiger partial charge on any atom is 0.254 e. The van der Waals surface area contributed by atoms with E-state index < -0.39 is 8.32 Å². The van der Waals surface area contributed by atoms with Crippen LogP contribution in [0.4, 0.5) is 0 Å². The first-order chi connectivity index (χ1) is 14.3. The molecule has 6 heteroatoms. The fourth-order valence-corrected chi connectivity index (χ4v) is 7.27. The van der Waals surface area contributed by atoms with Gasteiger partial charge in [0.05, 0.1) is 0 Å². The van der Waals surface area contributed by atoms with Crippen molar-refractivity contribution in [1.82, 2.24) is 4.90 Å². The Bertz CT molecular complexity index is 755. The molecule has 5 nitrogen and oxygen atoms in total. The van der Waals surface area contributed by atoms with E-state index in [1.165, 1.54) is 25.7 Å². The molecule has 1 saturated carbocycles. The molecule has 3 atom stereocenters. The highest BCUT2D eigenvalue weighted by Gasteiger charge is 2.35. The molecule has 3 N–H and O–H groups in total. The van der Waals surface area contributed by atoms with Crippen molar-refractivity contribution in [1.29, 1.82) is 0 Å². The Hall–Kier alpha value is -1.37. The first-order valence-electron chi connectivity index (χ1n) is 11.8. The van der Waals surface area contributed by atoms with E-state index in [-0.39, 0.29) is 12.0 Å². The first kappa shape index (κ1) is 21.8. The molecule has 2 aliphatic heterocycles. The van der Waals surface area contributed by atoms with Crippen LogP contribution in [0.25, 0.3) is 0 Å². The maximum atomic E-state index is 13.3. The van der Waals surface area contributed by atoms with Crippen molar-refractivity contribution in [3.05, 3.63) is 29.3 Å². The summed E-state index contributed by atoms with van der Waals surface area (Å²) in [6, 6.07) is 6.54. The van der Waals surface area contributed by atoms with Gasteiger partial charge < -0.3 is 20.2 Å². The predicted octanol–water partition coefficient (Wildman–Crippen LogP) is 3.80. The van der Waals surface area contributed by atoms with E-state index in [4.69, 9.17) is 10.5 Å². The third-order valence-corrected chi connectivity index (χ3v) is 8.92. The molecular formula is C24H38N2O3Si. The van der Waals surface area contributed by atoms with Crippen LogP contribution in [-0.2, 0) is 6.42 Å². The zero-order valence-corrected chi connectivity index (χ0v) is 19.6. The molecule has 1 aromatic rings. The van der Waals surface area contributed by atoms with Crippen LogP contribution < -0.4 is 10.5 Å². The van der Waals surface area contributed by atoms with E-state index in [0.717, 1.165) is 67.6 Å². The molecule has 1 aliphatic carbocycles. The number of ether oxygens (including phenoxy) is 1. The SMILES string of the molecule is C[Si](C)(O)CC1Cc2c(cccc2C(=O)N2CCC(C3CCCC(CN)C3)CC2)O1. The number of likely N-dealkylation sites (tertiary alicyclic amines) is 1. The van der Waals surface area contributed by atoms with Crippen molar-refractivity contribution < 1.29 is 14.3 Å². The molecule has 1 aromatic carbocycles. The molecular weight excluding hydrogens is 392 g/mol. The highest BCUT2D eigenvalue weighted by molar-refractivity contribution is 6.69. The standard InChI is InChI=1S/C24H38N2O3Si/c1-30(2,28)16-20-14-22-21(7-4-8-23(22)29-20)24(27)26-11-9-18(10-12-26)19-6-3-5-17(13-19)15-25/h4,7-8,17-20,28H,3,5-6,9-16,25H2,1-2H3. The Morgan fingerprint density at radius 3 is 2.67 bits per heavy atom. The Morgan fingerprint density at radius 2 is 1.97 bits per heavy atom. The van der Waals surface area contributed by atoms with Crippen molar-refractivity contribution >= 4 is 14.2 Å². The fourth-order valence-electron chi connectivity index (χ4n) is 5.93. The van der Waals surface area contributed by atoms with Crippen molar-refractivity contribution in [2.45, 2.75) is 70.2 Å². The van der Waals surface area contributed by atoms with Crippen LogP contribution in [-0.4, -0.2) is 49.7 Å². The topological polar surface area (TPSA) is 75.8 Å². The van der Waals surface area contributed by atoms with Crippen LogP contribution in [0.15, 0.2) is 18.2 Å². The number of nitrogens with zero attached hydrogens (tertiary/aromatic N) is 1. The first-order valence-corrected chi connectivity index (χ1v) is 15.0. The van der Waals surface area contributed by atoms with Crippen molar-refractivity contribution in [3.8, 4) is 5.75 Å². The molecule has 1 amide bonds. The minimum atomic E-state index is -2.20. The maximum absolute atomic E-state index is 13.3. The lowest BCUT2D eigenvalue weighted by molar-refractivity contribution is 0.0620. The van der Waals surface area contributed by atoms with Gasteiger partial charge >= 0.3 is 0 Å². The highest BCUT2D eigenvalue weighted by atomic mass is 28.4. The minimum absolute atomic E-state index is 0.00635. The second kappa shape index (κ2) is 9.01. The number of nitrogens with two attached hydrogens (primary N) is 1. The summed E-state index contributed by atoms with van der Waals surface area (Å²) in [6.07, 6.45) is 8.19. The lowest BCUT2D eigenvalue weighted by Crippen LogP contribution is -2.41. The lowest BCUT2D eigenvalue weighted by Gasteiger charge is -2.39. The summed E-state index contributed by atoms with van der Waals surface area (Å²) in [4.78, 5) is 25.7. The van der Waals surface area contributed by atoms with Gasteiger partial charge in [-0.1, -0.05) is 18.9 Å². The zero-order chi connectivity index (χ0) is 21.3. The highest BCUT2D eigenvalue weighted by Crippen LogP contribution is 2.39. The van der Waals surface area contributed by atoms with Gasteiger partial charge in [-0.05, 0) is 75.2 Å². The van der Waals surface area contributed by atoms with Gasteiger partial charge in [-0.2, -0.15) is 0 Å². The summed E-state index contributed by atoms with van der Waals surface area (Å²) >= 11 is 0. The lowest BCUT2D eigenvalue weighted by atomic mass is 9.72. The molecule has 3 unspecified atom stereocenters. The summed E-state index contributed by atoms with van der Waals surface area (Å²) in [5.74, 6) is 3.22. The Morgan fingerprint density at radius 1 is 1.20 bits per heavy atom. The minimum Gasteiger partial charge on any atom is -0.490 e. The number of hydrogen-bond donors (Lipinski definition) is 2. The second-order valence-corrected chi connectivity index (χ2v) is 14.4. The average molecular weight is 431 g/mol. The Labute approximate surface area is 182 Å². The molecule has 0 aromatic heterocycles. The smallest absolute Gasteiger partial charge is 0.254 e. The zero-order valence-electron chi connectivity index (χ0n) is 18.6. The van der Waals surface area contributed by atoms with Gasteiger partial charge in [0.15, 0.2) is 8.32 Å². The predicted molar refractivity (Wildman–Crippen MR) is 122 cm³/mol. The van der Waals surface area contributed by atoms with E-state index in [0.29, 0.717) is 12.0 Å². The van der Waals surface area contributed by atoms with Crippen LogP contribution in [0.1, 0.15) is 54.4 Å². The normalized spacial score (nSPS) is 27.6. The number of fused-ring (bicyclic) bond motifs is 1. The van der Waals surface area contributed by atoms with Gasteiger partial charge in [0, 0.05) is 36.7 Å². The molecule has 0 radical (unpaired) electrons. The van der Waals surface area contributed by atoms with Gasteiger partial charge in [0.25, 0.3) is 5.91 Å². The summed E-state index contributed by atoms with van der Waals surface area (Å²) in [5.41, 5.74) is 7.77. The molecule has 0 spiro atoms. The largest absolute Gasteiger partial charge is 0.490 e. The molecule has 1 saturated heterocycles. The Balaban J connectivity index is 1.37. The molecule has 30 heavy (non-hydrogen) atoms. The third-order valence-electron chi connectivity index (χ3n) is 7.47. The number of rotatable bonds is 5. The molecule has 4 rings (SSSR count). The fraction of sp³-hybridized carbons (Fsp3) is 0.708. The summed E-state index contributed by atoms with van der Waals surface area (Å²) in [7, 11) is -2.20. The van der Waals surface area contributed by atoms with Gasteiger partial charge in [0.1, 0.15) is 11.9 Å². The van der Waals surface area contributed by atoms with Crippen LogP contribution in [0.5, 0.6) is 5.75 Å². The van der Waals surface area contributed by atoms with Gasteiger partial charge in [-0.15, -0.1) is 0 Å². The van der Waals surface area contributed by atoms with Crippen molar-refractivity contribution in [2.75, 3.05) is 19.6 Å². The summed E-state index contributed by atoms with van der Waals surface area (Å²) in [5, 5.41) is 0. The molecule has 0 bridgehead atoms. The molecule has 2 heterocycles. The van der Waals surface area contributed by atoms with E-state index >= 15 is 0 Å². The molecule has 3 aliphatic rings. The van der Waals surface area contributed by atoms with E-state index in [2.05, 4.69) is 0 Å². The summed E-state index contributed by atoms with van der Waals surface area (Å²) < 4.78 is 6.07. The third kappa shape index (κ3) is 4.92. The molecule has 166 valence electrons. The molecule has 2 fully saturated rings. The van der Waals surface area contributed by atoms with E-state index in [9.17, 15) is 9.59 Å². The number of amides is 1.